The van der Waals surface area contributed by atoms with Crippen LogP contribution in [0.15, 0.2) is 46.1 Å². The molecule has 0 unspecified atom stereocenters. The monoisotopic (exact) mass is 387 g/mol. The zero-order valence-electron chi connectivity index (χ0n) is 16.3. The molecule has 0 bridgehead atoms. The summed E-state index contributed by atoms with van der Waals surface area (Å²) >= 11 is 0. The molecule has 3 atom stereocenters. The van der Waals surface area contributed by atoms with E-state index in [1.165, 1.54) is 4.57 Å². The average molecular weight is 387 g/mol. The van der Waals surface area contributed by atoms with Crippen molar-refractivity contribution < 1.29 is 14.3 Å². The summed E-state index contributed by atoms with van der Waals surface area (Å²) in [5.74, 6) is -0.646. The number of benzene rings is 1. The number of aromatic nitrogens is 2. The summed E-state index contributed by atoms with van der Waals surface area (Å²) in [7, 11) is 0. The molecule has 2 saturated heterocycles. The number of hydrogen-bond donors (Lipinski definition) is 1. The fourth-order valence-electron chi connectivity index (χ4n) is 3.73. The highest BCUT2D eigenvalue weighted by atomic mass is 16.8. The predicted octanol–water partition coefficient (Wildman–Crippen LogP) is 1.70. The van der Waals surface area contributed by atoms with Gasteiger partial charge in [-0.1, -0.05) is 30.3 Å². The van der Waals surface area contributed by atoms with Gasteiger partial charge in [0.2, 0.25) is 0 Å². The van der Waals surface area contributed by atoms with E-state index in [2.05, 4.69) is 4.98 Å². The van der Waals surface area contributed by atoms with Gasteiger partial charge in [-0.15, -0.1) is 0 Å². The second kappa shape index (κ2) is 7.29. The molecule has 150 valence electrons. The lowest BCUT2D eigenvalue weighted by Crippen LogP contribution is -2.40. The Morgan fingerprint density at radius 3 is 2.64 bits per heavy atom. The maximum atomic E-state index is 12.3. The van der Waals surface area contributed by atoms with Gasteiger partial charge in [-0.3, -0.25) is 19.2 Å². The van der Waals surface area contributed by atoms with Crippen molar-refractivity contribution in [2.45, 2.75) is 57.9 Å². The Hall–Kier alpha value is -2.26. The molecule has 8 nitrogen and oxygen atoms in total. The molecule has 0 saturated carbocycles. The SMILES string of the molecule is Cc1cn([C@@H]2C[C@@H]([C@H]3COC(C)(C)O3)N(Cc3ccccc3)O2)c(=O)[nH]c1=O. The Balaban J connectivity index is 1.62. The first-order chi connectivity index (χ1) is 13.3. The molecule has 1 aromatic carbocycles. The number of rotatable bonds is 4. The Labute approximate surface area is 162 Å². The summed E-state index contributed by atoms with van der Waals surface area (Å²) in [5, 5.41) is 1.86. The van der Waals surface area contributed by atoms with Gasteiger partial charge >= 0.3 is 5.69 Å². The number of hydroxylamine groups is 2. The topological polar surface area (TPSA) is 85.8 Å². The molecule has 1 aromatic heterocycles. The van der Waals surface area contributed by atoms with Crippen LogP contribution in [0.1, 0.15) is 37.6 Å². The number of aromatic amines is 1. The van der Waals surface area contributed by atoms with Crippen LogP contribution < -0.4 is 11.2 Å². The van der Waals surface area contributed by atoms with Crippen LogP contribution in [-0.4, -0.2) is 39.2 Å². The summed E-state index contributed by atoms with van der Waals surface area (Å²) in [4.78, 5) is 32.5. The molecule has 2 fully saturated rings. The third-order valence-corrected chi connectivity index (χ3v) is 5.17. The highest BCUT2D eigenvalue weighted by Gasteiger charge is 2.45. The van der Waals surface area contributed by atoms with E-state index in [0.29, 0.717) is 25.1 Å². The van der Waals surface area contributed by atoms with Crippen LogP contribution in [0.25, 0.3) is 0 Å². The summed E-state index contributed by atoms with van der Waals surface area (Å²) in [6.45, 7) is 6.45. The lowest BCUT2D eigenvalue weighted by molar-refractivity contribution is -0.209. The standard InChI is InChI=1S/C20H25N3O5/c1-13-10-22(19(25)21-18(13)24)17-9-15(16-12-26-20(2,3)27-16)23(28-17)11-14-7-5-4-6-8-14/h4-8,10,15-17H,9,11-12H2,1-3H3,(H,21,24,25)/t15-,16+,17-/m0/s1. The van der Waals surface area contributed by atoms with E-state index in [1.807, 2.05) is 49.2 Å². The van der Waals surface area contributed by atoms with E-state index in [4.69, 9.17) is 14.3 Å². The van der Waals surface area contributed by atoms with E-state index in [0.717, 1.165) is 5.56 Å². The Bertz CT molecular complexity index is 952. The molecule has 2 aliphatic rings. The molecular formula is C20H25N3O5. The van der Waals surface area contributed by atoms with Crippen LogP contribution in [-0.2, 0) is 20.9 Å². The van der Waals surface area contributed by atoms with Gasteiger partial charge in [0.1, 0.15) is 6.10 Å². The van der Waals surface area contributed by atoms with Gasteiger partial charge in [-0.2, -0.15) is 5.06 Å². The first-order valence-corrected chi connectivity index (χ1v) is 9.43. The van der Waals surface area contributed by atoms with Crippen LogP contribution in [0, 0.1) is 6.92 Å². The molecule has 0 amide bonds. The largest absolute Gasteiger partial charge is 0.348 e. The van der Waals surface area contributed by atoms with Gasteiger partial charge in [0.05, 0.1) is 12.6 Å². The van der Waals surface area contributed by atoms with Crippen molar-refractivity contribution in [3.63, 3.8) is 0 Å². The van der Waals surface area contributed by atoms with Crippen molar-refractivity contribution in [2.75, 3.05) is 6.61 Å². The predicted molar refractivity (Wildman–Crippen MR) is 101 cm³/mol. The van der Waals surface area contributed by atoms with E-state index < -0.39 is 17.7 Å². The zero-order valence-corrected chi connectivity index (χ0v) is 16.3. The quantitative estimate of drug-likeness (QED) is 0.860. The van der Waals surface area contributed by atoms with Crippen molar-refractivity contribution in [3.8, 4) is 0 Å². The Morgan fingerprint density at radius 2 is 1.96 bits per heavy atom. The maximum absolute atomic E-state index is 12.3. The minimum atomic E-state index is -0.646. The number of ether oxygens (including phenoxy) is 2. The molecule has 1 N–H and O–H groups in total. The lowest BCUT2D eigenvalue weighted by atomic mass is 10.1. The van der Waals surface area contributed by atoms with Crippen LogP contribution in [0.3, 0.4) is 0 Å². The smallest absolute Gasteiger partial charge is 0.330 e. The van der Waals surface area contributed by atoms with Gasteiger partial charge in [0.25, 0.3) is 5.56 Å². The highest BCUT2D eigenvalue weighted by Crippen LogP contribution is 2.36. The van der Waals surface area contributed by atoms with Gasteiger partial charge in [-0.05, 0) is 26.3 Å². The summed E-state index contributed by atoms with van der Waals surface area (Å²) in [6.07, 6.45) is 1.39. The van der Waals surface area contributed by atoms with Crippen molar-refractivity contribution in [3.05, 3.63) is 68.5 Å². The molecular weight excluding hydrogens is 362 g/mol. The van der Waals surface area contributed by atoms with Crippen molar-refractivity contribution in [1.29, 1.82) is 0 Å². The highest BCUT2D eigenvalue weighted by molar-refractivity contribution is 5.14. The van der Waals surface area contributed by atoms with E-state index in [1.54, 1.807) is 13.1 Å². The fourth-order valence-corrected chi connectivity index (χ4v) is 3.73. The molecule has 3 heterocycles. The summed E-state index contributed by atoms with van der Waals surface area (Å²) in [5.41, 5.74) is 0.690. The third-order valence-electron chi connectivity index (χ3n) is 5.17. The Morgan fingerprint density at radius 1 is 1.21 bits per heavy atom. The average Bonchev–Trinajstić information content (AvgIpc) is 3.22. The first-order valence-electron chi connectivity index (χ1n) is 9.43. The van der Waals surface area contributed by atoms with Crippen molar-refractivity contribution in [2.24, 2.45) is 0 Å². The minimum Gasteiger partial charge on any atom is -0.348 e. The number of nitrogens with zero attached hydrogens (tertiary/aromatic N) is 2. The number of aryl methyl sites for hydroxylation is 1. The normalized spacial score (nSPS) is 27.3. The van der Waals surface area contributed by atoms with Crippen molar-refractivity contribution >= 4 is 0 Å². The third kappa shape index (κ3) is 3.81. The lowest BCUT2D eigenvalue weighted by Gasteiger charge is -2.27. The van der Waals surface area contributed by atoms with Crippen LogP contribution >= 0.6 is 0 Å². The molecule has 2 aromatic rings. The van der Waals surface area contributed by atoms with E-state index in [-0.39, 0.29) is 17.7 Å². The summed E-state index contributed by atoms with van der Waals surface area (Å²) in [6, 6.07) is 9.89. The van der Waals surface area contributed by atoms with E-state index in [9.17, 15) is 9.59 Å². The Kier molecular flexibility index (Phi) is 4.96. The van der Waals surface area contributed by atoms with Crippen LogP contribution in [0.2, 0.25) is 0 Å². The van der Waals surface area contributed by atoms with Gasteiger partial charge < -0.3 is 9.47 Å². The summed E-state index contributed by atoms with van der Waals surface area (Å²) < 4.78 is 13.3. The number of nitrogens with one attached hydrogen (secondary N) is 1. The van der Waals surface area contributed by atoms with Crippen molar-refractivity contribution in [1.82, 2.24) is 14.6 Å². The van der Waals surface area contributed by atoms with Crippen LogP contribution in [0.4, 0.5) is 0 Å². The molecule has 0 radical (unpaired) electrons. The van der Waals surface area contributed by atoms with Gasteiger partial charge in [0, 0.05) is 24.7 Å². The second-order valence-electron chi connectivity index (χ2n) is 7.77. The molecule has 0 aliphatic carbocycles. The zero-order chi connectivity index (χ0) is 19.9. The molecule has 28 heavy (non-hydrogen) atoms. The molecule has 2 aliphatic heterocycles. The maximum Gasteiger partial charge on any atom is 0.330 e. The number of H-pyrrole nitrogens is 1. The second-order valence-corrected chi connectivity index (χ2v) is 7.77. The molecule has 0 spiro atoms. The van der Waals surface area contributed by atoms with E-state index >= 15 is 0 Å². The number of hydrogen-bond acceptors (Lipinski definition) is 6. The molecule has 4 rings (SSSR count). The fraction of sp³-hybridized carbons (Fsp3) is 0.500. The first kappa shape index (κ1) is 19.1. The van der Waals surface area contributed by atoms with Gasteiger partial charge in [0.15, 0.2) is 12.0 Å². The van der Waals surface area contributed by atoms with Crippen LogP contribution in [0.5, 0.6) is 0 Å². The minimum absolute atomic E-state index is 0.0916. The molecule has 8 heteroatoms. The van der Waals surface area contributed by atoms with Gasteiger partial charge in [-0.25, -0.2) is 4.79 Å².